The van der Waals surface area contributed by atoms with Gasteiger partial charge in [-0.25, -0.2) is 4.79 Å². The van der Waals surface area contributed by atoms with Crippen molar-refractivity contribution < 1.29 is 19.5 Å². The van der Waals surface area contributed by atoms with Gasteiger partial charge in [-0.15, -0.1) is 11.8 Å². The topological polar surface area (TPSA) is 90.0 Å². The molecule has 0 saturated carbocycles. The van der Waals surface area contributed by atoms with E-state index in [2.05, 4.69) is 5.32 Å². The van der Waals surface area contributed by atoms with Crippen molar-refractivity contribution in [3.8, 4) is 0 Å². The lowest BCUT2D eigenvalue weighted by Gasteiger charge is -2.40. The Morgan fingerprint density at radius 2 is 2.08 bits per heavy atom. The number of carbonyl (C=O) groups excluding carboxylic acids is 2. The molecule has 0 spiro atoms. The van der Waals surface area contributed by atoms with Gasteiger partial charge in [0.15, 0.2) is 0 Å². The van der Waals surface area contributed by atoms with E-state index in [1.807, 2.05) is 6.92 Å². The van der Waals surface area contributed by atoms with Crippen molar-refractivity contribution in [2.45, 2.75) is 37.6 Å². The van der Waals surface area contributed by atoms with Gasteiger partial charge in [0.25, 0.3) is 5.91 Å². The summed E-state index contributed by atoms with van der Waals surface area (Å²) in [4.78, 5) is 39.8. The van der Waals surface area contributed by atoms with Crippen LogP contribution in [0.1, 0.15) is 20.3 Å². The van der Waals surface area contributed by atoms with E-state index in [4.69, 9.17) is 0 Å². The average Bonchev–Trinajstić information content (AvgIpc) is 3.10. The normalized spacial score (nSPS) is 32.9. The molecule has 0 unspecified atom stereocenters. The van der Waals surface area contributed by atoms with E-state index in [1.165, 1.54) is 16.7 Å². The fourth-order valence-corrected chi connectivity index (χ4v) is 5.28. The number of aliphatic carboxylic acids is 1. The van der Waals surface area contributed by atoms with Gasteiger partial charge in [0.05, 0.1) is 12.1 Å². The third-order valence-electron chi connectivity index (χ3n) is 5.06. The zero-order valence-electron chi connectivity index (χ0n) is 14.8. The number of carbonyl (C=O) groups is 3. The van der Waals surface area contributed by atoms with Crippen LogP contribution in [0.3, 0.4) is 0 Å². The number of carboxylic acid groups (broad SMARTS) is 1. The van der Waals surface area contributed by atoms with Crippen LogP contribution < -0.4 is 5.32 Å². The van der Waals surface area contributed by atoms with Gasteiger partial charge in [0.1, 0.15) is 5.70 Å². The van der Waals surface area contributed by atoms with Gasteiger partial charge in [-0.2, -0.15) is 0 Å². The van der Waals surface area contributed by atoms with Crippen molar-refractivity contribution in [3.63, 3.8) is 0 Å². The highest BCUT2D eigenvalue weighted by molar-refractivity contribution is 8.03. The van der Waals surface area contributed by atoms with E-state index in [0.717, 1.165) is 4.91 Å². The molecule has 0 aromatic rings. The van der Waals surface area contributed by atoms with Gasteiger partial charge in [0.2, 0.25) is 5.91 Å². The number of hydrogen-bond acceptors (Lipinski definition) is 5. The molecule has 25 heavy (non-hydrogen) atoms. The molecular formula is C17H23N3O4S. The van der Waals surface area contributed by atoms with Crippen LogP contribution in [0.2, 0.25) is 0 Å². The molecule has 2 fully saturated rings. The molecule has 4 atom stereocenters. The smallest absolute Gasteiger partial charge is 0.353 e. The number of carboxylic acids is 1. The van der Waals surface area contributed by atoms with Crippen LogP contribution in [0.4, 0.5) is 0 Å². The highest BCUT2D eigenvalue weighted by Gasteiger charge is 2.55. The Labute approximate surface area is 151 Å². The molecule has 3 aliphatic rings. The van der Waals surface area contributed by atoms with Crippen molar-refractivity contribution in [3.05, 3.63) is 22.3 Å². The number of likely N-dealkylation sites (N-methyl/N-ethyl adjacent to an activating group) is 1. The summed E-state index contributed by atoms with van der Waals surface area (Å²) >= 11 is 1.50. The summed E-state index contributed by atoms with van der Waals surface area (Å²) in [6.07, 6.45) is 2.43. The van der Waals surface area contributed by atoms with Gasteiger partial charge >= 0.3 is 5.97 Å². The van der Waals surface area contributed by atoms with E-state index in [-0.39, 0.29) is 40.8 Å². The van der Waals surface area contributed by atoms with Crippen LogP contribution in [-0.4, -0.2) is 70.7 Å². The average molecular weight is 365 g/mol. The zero-order chi connectivity index (χ0) is 18.5. The maximum Gasteiger partial charge on any atom is 0.353 e. The van der Waals surface area contributed by atoms with Crippen molar-refractivity contribution in [1.29, 1.82) is 0 Å². The molecule has 0 aromatic carbocycles. The van der Waals surface area contributed by atoms with Gasteiger partial charge in [0, 0.05) is 42.3 Å². The molecule has 7 nitrogen and oxygen atoms in total. The molecule has 2 N–H and O–H groups in total. The summed E-state index contributed by atoms with van der Waals surface area (Å²) in [5.74, 6) is -1.28. The maximum absolute atomic E-state index is 12.2. The minimum atomic E-state index is -1.06. The molecule has 3 rings (SSSR count). The number of rotatable bonds is 4. The number of β-lactam (4-membered cyclic amide) rings is 1. The van der Waals surface area contributed by atoms with E-state index in [0.29, 0.717) is 18.5 Å². The number of hydrogen-bond donors (Lipinski definition) is 2. The van der Waals surface area contributed by atoms with Crippen LogP contribution in [0.5, 0.6) is 0 Å². The quantitative estimate of drug-likeness (QED) is 0.561. The summed E-state index contributed by atoms with van der Waals surface area (Å²) in [5, 5.41) is 13.0. The van der Waals surface area contributed by atoms with E-state index in [9.17, 15) is 19.5 Å². The molecule has 2 amide bonds. The summed E-state index contributed by atoms with van der Waals surface area (Å²) < 4.78 is 0. The number of amides is 2. The van der Waals surface area contributed by atoms with Crippen molar-refractivity contribution in [1.82, 2.24) is 15.1 Å². The number of fused-ring (bicyclic) bond motifs is 1. The van der Waals surface area contributed by atoms with Gasteiger partial charge in [-0.3, -0.25) is 14.5 Å². The Kier molecular flexibility index (Phi) is 4.68. The maximum atomic E-state index is 12.2. The second-order valence-corrected chi connectivity index (χ2v) is 8.18. The Balaban J connectivity index is 1.79. The minimum absolute atomic E-state index is 0.0326. The third-order valence-corrected chi connectivity index (χ3v) is 6.57. The first-order valence-corrected chi connectivity index (χ1v) is 9.24. The molecule has 3 heterocycles. The summed E-state index contributed by atoms with van der Waals surface area (Å²) in [5.41, 5.74) is 0.799. The summed E-state index contributed by atoms with van der Waals surface area (Å²) in [6.45, 7) is 4.42. The van der Waals surface area contributed by atoms with Crippen LogP contribution in [0.25, 0.3) is 0 Å². The fraction of sp³-hybridized carbons (Fsp3) is 0.588. The van der Waals surface area contributed by atoms with Gasteiger partial charge in [-0.1, -0.05) is 13.0 Å². The van der Waals surface area contributed by atoms with Crippen LogP contribution in [0, 0.1) is 5.92 Å². The number of allylic oxidation sites excluding steroid dienone is 1. The molecule has 8 heteroatoms. The predicted molar refractivity (Wildman–Crippen MR) is 94.7 cm³/mol. The first-order chi connectivity index (χ1) is 11.8. The largest absolute Gasteiger partial charge is 0.477 e. The first kappa shape index (κ1) is 18.0. The Bertz CT molecular complexity index is 700. The second kappa shape index (κ2) is 6.49. The summed E-state index contributed by atoms with van der Waals surface area (Å²) in [6, 6.07) is -0.400. The highest BCUT2D eigenvalue weighted by atomic mass is 32.2. The molecule has 0 aliphatic carbocycles. The van der Waals surface area contributed by atoms with Crippen LogP contribution in [-0.2, 0) is 14.4 Å². The lowest BCUT2D eigenvalue weighted by Crippen LogP contribution is -2.54. The second-order valence-electron chi connectivity index (χ2n) is 6.84. The number of thioether (sulfide) groups is 1. The van der Waals surface area contributed by atoms with Crippen molar-refractivity contribution in [2.24, 2.45) is 5.92 Å². The molecule has 0 aromatic heterocycles. The summed E-state index contributed by atoms with van der Waals surface area (Å²) in [7, 11) is 3.45. The standard InChI is InChI=1S/C17H23N3O4S/c1-5-10-12-8(2)14(13(17(23)24)20(12)15(10)21)25-9-6-11(18-7-9)16(22)19(3)4/h5,8-9,11-12,18H,6-7H2,1-4H3,(H,23,24)/b10-5+/t8-,9+,11+,12-/m1/s1. The third kappa shape index (κ3) is 2.77. The van der Waals surface area contributed by atoms with Gasteiger partial charge < -0.3 is 15.3 Å². The lowest BCUT2D eigenvalue weighted by molar-refractivity contribution is -0.142. The van der Waals surface area contributed by atoms with Crippen LogP contribution in [0.15, 0.2) is 22.3 Å². The molecule has 2 saturated heterocycles. The van der Waals surface area contributed by atoms with Crippen molar-refractivity contribution in [2.75, 3.05) is 20.6 Å². The van der Waals surface area contributed by atoms with E-state index >= 15 is 0 Å². The number of nitrogens with zero attached hydrogens (tertiary/aromatic N) is 2. The molecule has 0 radical (unpaired) electrons. The van der Waals surface area contributed by atoms with Gasteiger partial charge in [-0.05, 0) is 13.3 Å². The Hall–Kier alpha value is -1.80. The number of nitrogens with one attached hydrogen (secondary N) is 1. The van der Waals surface area contributed by atoms with Crippen molar-refractivity contribution >= 4 is 29.5 Å². The molecule has 136 valence electrons. The SMILES string of the molecule is C/C=C1/C(=O)N2C(C(=O)O)=C(S[C@@H]3CN[C@H](C(=O)N(C)C)C3)[C@H](C)[C@H]12. The highest BCUT2D eigenvalue weighted by Crippen LogP contribution is 2.50. The predicted octanol–water partition coefficient (Wildman–Crippen LogP) is 0.641. The molecular weight excluding hydrogens is 342 g/mol. The van der Waals surface area contributed by atoms with Crippen LogP contribution >= 0.6 is 11.8 Å². The fourth-order valence-electron chi connectivity index (χ4n) is 3.81. The molecule has 3 aliphatic heterocycles. The Morgan fingerprint density at radius 1 is 1.40 bits per heavy atom. The zero-order valence-corrected chi connectivity index (χ0v) is 15.6. The first-order valence-electron chi connectivity index (χ1n) is 8.36. The van der Waals surface area contributed by atoms with E-state index < -0.39 is 5.97 Å². The lowest BCUT2D eigenvalue weighted by atomic mass is 9.88. The Morgan fingerprint density at radius 3 is 2.64 bits per heavy atom. The van der Waals surface area contributed by atoms with E-state index in [1.54, 1.807) is 32.0 Å². The molecule has 0 bridgehead atoms. The minimum Gasteiger partial charge on any atom is -0.477 e. The monoisotopic (exact) mass is 365 g/mol.